The quantitative estimate of drug-likeness (QED) is 0.602. The molecule has 0 heterocycles. The summed E-state index contributed by atoms with van der Waals surface area (Å²) in [6.45, 7) is 4.98. The van der Waals surface area contributed by atoms with E-state index in [0.29, 0.717) is 0 Å². The third-order valence-electron chi connectivity index (χ3n) is 2.06. The number of esters is 1. The normalized spacial score (nSPS) is 14.0. The van der Waals surface area contributed by atoms with Gasteiger partial charge in [0.15, 0.2) is 0 Å². The molecular weight excluding hydrogens is 291 g/mol. The van der Waals surface area contributed by atoms with Gasteiger partial charge in [0.2, 0.25) is 0 Å². The molecule has 5 nitrogen and oxygen atoms in total. The van der Waals surface area contributed by atoms with E-state index in [0.717, 1.165) is 0 Å². The zero-order chi connectivity index (χ0) is 16.7. The van der Waals surface area contributed by atoms with Crippen LogP contribution in [0.15, 0.2) is 12.2 Å². The van der Waals surface area contributed by atoms with Crippen LogP contribution >= 0.6 is 0 Å². The zero-order valence-corrected chi connectivity index (χ0v) is 12.4. The monoisotopic (exact) mass is 311 g/mol. The van der Waals surface area contributed by atoms with Crippen molar-refractivity contribution in [2.45, 2.75) is 45.0 Å². The molecule has 0 aromatic heterocycles. The molecule has 0 saturated heterocycles. The maximum atomic E-state index is 12.3. The minimum Gasteiger partial charge on any atom is -0.458 e. The van der Waals surface area contributed by atoms with Gasteiger partial charge < -0.3 is 14.8 Å². The first-order valence-electron chi connectivity index (χ1n) is 6.22. The van der Waals surface area contributed by atoms with Crippen LogP contribution in [0, 0.1) is 0 Å². The highest BCUT2D eigenvalue weighted by Crippen LogP contribution is 2.16. The van der Waals surface area contributed by atoms with E-state index >= 15 is 0 Å². The van der Waals surface area contributed by atoms with Gasteiger partial charge in [-0.05, 0) is 27.2 Å². The summed E-state index contributed by atoms with van der Waals surface area (Å²) in [6, 6.07) is -1.41. The Hall–Kier alpha value is -1.57. The second-order valence-electron chi connectivity index (χ2n) is 5.22. The van der Waals surface area contributed by atoms with Gasteiger partial charge in [-0.3, -0.25) is 4.79 Å². The van der Waals surface area contributed by atoms with Gasteiger partial charge in [0.05, 0.1) is 6.61 Å². The molecule has 0 fully saturated rings. The molecule has 0 bridgehead atoms. The van der Waals surface area contributed by atoms with Crippen molar-refractivity contribution in [3.63, 3.8) is 0 Å². The van der Waals surface area contributed by atoms with Crippen LogP contribution < -0.4 is 5.32 Å². The standard InChI is InChI=1S/C13H20F3NO4/c1-12(2,3)21-10(18)9(7-5-6-8-20-4)17-11(19)13(14,15)16/h5-6,9H,7-8H2,1-4H3,(H,17,19)/b6-5-. The summed E-state index contributed by atoms with van der Waals surface area (Å²) in [5, 5.41) is 1.63. The van der Waals surface area contributed by atoms with Crippen LogP contribution in [0.1, 0.15) is 27.2 Å². The Morgan fingerprint density at radius 2 is 1.76 bits per heavy atom. The molecule has 0 radical (unpaired) electrons. The Bertz CT molecular complexity index is 386. The first-order chi connectivity index (χ1) is 9.47. The summed E-state index contributed by atoms with van der Waals surface area (Å²) in [6.07, 6.45) is -2.22. The number of amides is 1. The van der Waals surface area contributed by atoms with Crippen LogP contribution in [0.25, 0.3) is 0 Å². The molecule has 21 heavy (non-hydrogen) atoms. The lowest BCUT2D eigenvalue weighted by Gasteiger charge is -2.24. The Balaban J connectivity index is 4.84. The number of carbonyl (C=O) groups excluding carboxylic acids is 2. The second-order valence-corrected chi connectivity index (χ2v) is 5.22. The summed E-state index contributed by atoms with van der Waals surface area (Å²) in [4.78, 5) is 22.8. The molecule has 0 saturated carbocycles. The molecule has 1 atom stereocenters. The van der Waals surface area contributed by atoms with Crippen LogP contribution in [0.5, 0.6) is 0 Å². The number of halogens is 3. The average Bonchev–Trinajstić information content (AvgIpc) is 2.29. The third kappa shape index (κ3) is 9.06. The van der Waals surface area contributed by atoms with Crippen molar-refractivity contribution < 1.29 is 32.2 Å². The van der Waals surface area contributed by atoms with E-state index in [2.05, 4.69) is 0 Å². The largest absolute Gasteiger partial charge is 0.471 e. The van der Waals surface area contributed by atoms with Gasteiger partial charge in [-0.25, -0.2) is 4.79 Å². The minimum absolute atomic E-state index is 0.125. The van der Waals surface area contributed by atoms with Gasteiger partial charge in [0, 0.05) is 7.11 Å². The van der Waals surface area contributed by atoms with Crippen molar-refractivity contribution in [3.05, 3.63) is 12.2 Å². The van der Waals surface area contributed by atoms with Crippen molar-refractivity contribution in [1.82, 2.24) is 5.32 Å². The third-order valence-corrected chi connectivity index (χ3v) is 2.06. The molecule has 0 aliphatic heterocycles. The molecule has 1 unspecified atom stereocenters. The first kappa shape index (κ1) is 19.4. The highest BCUT2D eigenvalue weighted by Gasteiger charge is 2.41. The van der Waals surface area contributed by atoms with E-state index in [9.17, 15) is 22.8 Å². The molecule has 0 spiro atoms. The number of hydrogen-bond donors (Lipinski definition) is 1. The van der Waals surface area contributed by atoms with Gasteiger partial charge in [0.1, 0.15) is 11.6 Å². The number of methoxy groups -OCH3 is 1. The summed E-state index contributed by atoms with van der Waals surface area (Å²) < 4.78 is 46.5. The first-order valence-corrected chi connectivity index (χ1v) is 6.22. The lowest BCUT2D eigenvalue weighted by atomic mass is 10.1. The number of ether oxygens (including phenoxy) is 2. The number of nitrogens with one attached hydrogen (secondary N) is 1. The molecule has 1 N–H and O–H groups in total. The summed E-state index contributed by atoms with van der Waals surface area (Å²) in [5.74, 6) is -3.11. The Morgan fingerprint density at radius 1 is 1.19 bits per heavy atom. The Labute approximate surface area is 121 Å². The van der Waals surface area contributed by atoms with Crippen LogP contribution in [-0.4, -0.2) is 43.4 Å². The summed E-state index contributed by atoms with van der Waals surface area (Å²) >= 11 is 0. The number of rotatable bonds is 6. The fraction of sp³-hybridized carbons (Fsp3) is 0.692. The number of carbonyl (C=O) groups is 2. The van der Waals surface area contributed by atoms with Gasteiger partial charge in [-0.1, -0.05) is 12.2 Å². The summed E-state index contributed by atoms with van der Waals surface area (Å²) in [5.41, 5.74) is -0.867. The molecule has 0 aliphatic carbocycles. The van der Waals surface area contributed by atoms with Crippen molar-refractivity contribution in [3.8, 4) is 0 Å². The van der Waals surface area contributed by atoms with Crippen LogP contribution in [0.4, 0.5) is 13.2 Å². The fourth-order valence-corrected chi connectivity index (χ4v) is 1.22. The van der Waals surface area contributed by atoms with E-state index in [1.807, 2.05) is 0 Å². The van der Waals surface area contributed by atoms with E-state index in [1.54, 1.807) is 26.1 Å². The molecule has 0 aliphatic rings. The Kier molecular flexibility index (Phi) is 7.42. The molecule has 8 heteroatoms. The predicted molar refractivity (Wildman–Crippen MR) is 69.5 cm³/mol. The second kappa shape index (κ2) is 8.02. The highest BCUT2D eigenvalue weighted by molar-refractivity contribution is 5.87. The lowest BCUT2D eigenvalue weighted by Crippen LogP contribution is -2.48. The van der Waals surface area contributed by atoms with E-state index in [4.69, 9.17) is 9.47 Å². The summed E-state index contributed by atoms with van der Waals surface area (Å²) in [7, 11) is 1.45. The maximum Gasteiger partial charge on any atom is 0.471 e. The van der Waals surface area contributed by atoms with E-state index in [-0.39, 0.29) is 13.0 Å². The zero-order valence-electron chi connectivity index (χ0n) is 12.4. The smallest absolute Gasteiger partial charge is 0.458 e. The van der Waals surface area contributed by atoms with E-state index < -0.39 is 29.7 Å². The fourth-order valence-electron chi connectivity index (χ4n) is 1.22. The van der Waals surface area contributed by atoms with Crippen LogP contribution in [-0.2, 0) is 19.1 Å². The molecule has 1 amide bonds. The van der Waals surface area contributed by atoms with Crippen molar-refractivity contribution in [2.75, 3.05) is 13.7 Å². The average molecular weight is 311 g/mol. The predicted octanol–water partition coefficient (Wildman–Crippen LogP) is 1.97. The van der Waals surface area contributed by atoms with E-state index in [1.165, 1.54) is 19.3 Å². The SMILES string of the molecule is COC/C=C\CC(NC(=O)C(F)(F)F)C(=O)OC(C)(C)C. The number of alkyl halides is 3. The molecule has 0 rings (SSSR count). The van der Waals surface area contributed by atoms with Gasteiger partial charge >= 0.3 is 18.1 Å². The Morgan fingerprint density at radius 3 is 2.19 bits per heavy atom. The van der Waals surface area contributed by atoms with Crippen molar-refractivity contribution in [1.29, 1.82) is 0 Å². The van der Waals surface area contributed by atoms with Gasteiger partial charge in [0.25, 0.3) is 0 Å². The lowest BCUT2D eigenvalue weighted by molar-refractivity contribution is -0.177. The molecule has 0 aromatic rings. The number of hydrogen-bond acceptors (Lipinski definition) is 4. The minimum atomic E-state index is -5.06. The topological polar surface area (TPSA) is 64.6 Å². The molecule has 122 valence electrons. The maximum absolute atomic E-state index is 12.3. The van der Waals surface area contributed by atoms with Crippen molar-refractivity contribution in [2.24, 2.45) is 0 Å². The molecule has 0 aromatic carbocycles. The van der Waals surface area contributed by atoms with Gasteiger partial charge in [-0.15, -0.1) is 0 Å². The van der Waals surface area contributed by atoms with Crippen LogP contribution in [0.2, 0.25) is 0 Å². The highest BCUT2D eigenvalue weighted by atomic mass is 19.4. The van der Waals surface area contributed by atoms with Gasteiger partial charge in [-0.2, -0.15) is 13.2 Å². The van der Waals surface area contributed by atoms with Crippen molar-refractivity contribution >= 4 is 11.9 Å². The van der Waals surface area contributed by atoms with Crippen LogP contribution in [0.3, 0.4) is 0 Å². The molecular formula is C13H20F3NO4.